The quantitative estimate of drug-likeness (QED) is 0.533. The Bertz CT molecular complexity index is 248. The number of hydrogen-bond donors (Lipinski definition) is 3. The SMILES string of the molecule is CNC(C)CNS(=O)(=O)NC1CC1. The van der Waals surface area contributed by atoms with Crippen molar-refractivity contribution in [2.24, 2.45) is 0 Å². The van der Waals surface area contributed by atoms with E-state index in [9.17, 15) is 8.42 Å². The maximum absolute atomic E-state index is 11.3. The fraction of sp³-hybridized carbons (Fsp3) is 1.00. The predicted octanol–water partition coefficient (Wildman–Crippen LogP) is -0.819. The van der Waals surface area contributed by atoms with Crippen molar-refractivity contribution in [1.82, 2.24) is 14.8 Å². The van der Waals surface area contributed by atoms with Crippen LogP contribution in [0.5, 0.6) is 0 Å². The predicted molar refractivity (Wildman–Crippen MR) is 51.6 cm³/mol. The normalized spacial score (nSPS) is 20.2. The molecule has 13 heavy (non-hydrogen) atoms. The fourth-order valence-corrected chi connectivity index (χ4v) is 2.03. The Morgan fingerprint density at radius 3 is 2.54 bits per heavy atom. The first-order valence-corrected chi connectivity index (χ1v) is 5.96. The van der Waals surface area contributed by atoms with E-state index >= 15 is 0 Å². The topological polar surface area (TPSA) is 70.2 Å². The van der Waals surface area contributed by atoms with Crippen LogP contribution in [0.1, 0.15) is 19.8 Å². The molecular weight excluding hydrogens is 190 g/mol. The average Bonchev–Trinajstić information content (AvgIpc) is 2.83. The van der Waals surface area contributed by atoms with E-state index in [1.807, 2.05) is 6.92 Å². The zero-order chi connectivity index (χ0) is 9.90. The van der Waals surface area contributed by atoms with Crippen molar-refractivity contribution in [3.05, 3.63) is 0 Å². The van der Waals surface area contributed by atoms with Crippen molar-refractivity contribution in [1.29, 1.82) is 0 Å². The van der Waals surface area contributed by atoms with Gasteiger partial charge in [-0.1, -0.05) is 0 Å². The maximum Gasteiger partial charge on any atom is 0.277 e. The second-order valence-electron chi connectivity index (χ2n) is 3.43. The first-order valence-electron chi connectivity index (χ1n) is 4.47. The van der Waals surface area contributed by atoms with Crippen molar-refractivity contribution in [2.75, 3.05) is 13.6 Å². The summed E-state index contributed by atoms with van der Waals surface area (Å²) in [6.07, 6.45) is 1.92. The number of rotatable bonds is 6. The third kappa shape index (κ3) is 4.56. The molecule has 1 fully saturated rings. The van der Waals surface area contributed by atoms with E-state index in [1.54, 1.807) is 7.05 Å². The third-order valence-electron chi connectivity index (χ3n) is 1.97. The largest absolute Gasteiger partial charge is 0.316 e. The molecule has 0 saturated heterocycles. The van der Waals surface area contributed by atoms with Gasteiger partial charge in [0.1, 0.15) is 0 Å². The van der Waals surface area contributed by atoms with Crippen LogP contribution < -0.4 is 14.8 Å². The zero-order valence-electron chi connectivity index (χ0n) is 8.00. The van der Waals surface area contributed by atoms with Gasteiger partial charge in [-0.25, -0.2) is 4.72 Å². The Morgan fingerprint density at radius 1 is 1.46 bits per heavy atom. The Hall–Kier alpha value is -0.170. The molecule has 1 unspecified atom stereocenters. The molecule has 1 aliphatic carbocycles. The van der Waals surface area contributed by atoms with Crippen LogP contribution in [-0.2, 0) is 10.2 Å². The van der Waals surface area contributed by atoms with Crippen LogP contribution in [0.25, 0.3) is 0 Å². The minimum Gasteiger partial charge on any atom is -0.316 e. The van der Waals surface area contributed by atoms with Crippen molar-refractivity contribution >= 4 is 10.2 Å². The van der Waals surface area contributed by atoms with Crippen molar-refractivity contribution in [3.8, 4) is 0 Å². The molecule has 0 aromatic heterocycles. The molecule has 0 aliphatic heterocycles. The molecule has 0 aromatic carbocycles. The lowest BCUT2D eigenvalue weighted by atomic mass is 10.4. The van der Waals surface area contributed by atoms with Gasteiger partial charge in [0.15, 0.2) is 0 Å². The van der Waals surface area contributed by atoms with Crippen LogP contribution >= 0.6 is 0 Å². The number of likely N-dealkylation sites (N-methyl/N-ethyl adjacent to an activating group) is 1. The van der Waals surface area contributed by atoms with Crippen molar-refractivity contribution in [2.45, 2.75) is 31.8 Å². The van der Waals surface area contributed by atoms with Gasteiger partial charge in [0, 0.05) is 18.6 Å². The molecule has 5 nitrogen and oxygen atoms in total. The molecule has 3 N–H and O–H groups in total. The fourth-order valence-electron chi connectivity index (χ4n) is 0.799. The van der Waals surface area contributed by atoms with E-state index in [0.29, 0.717) is 6.54 Å². The Kier molecular flexibility index (Phi) is 3.66. The van der Waals surface area contributed by atoms with Crippen LogP contribution in [0.3, 0.4) is 0 Å². The summed E-state index contributed by atoms with van der Waals surface area (Å²) in [6, 6.07) is 0.318. The molecule has 1 rings (SSSR count). The van der Waals surface area contributed by atoms with E-state index in [4.69, 9.17) is 0 Å². The summed E-state index contributed by atoms with van der Waals surface area (Å²) >= 11 is 0. The lowest BCUT2D eigenvalue weighted by Gasteiger charge is -2.11. The average molecular weight is 207 g/mol. The van der Waals surface area contributed by atoms with E-state index in [2.05, 4.69) is 14.8 Å². The highest BCUT2D eigenvalue weighted by Gasteiger charge is 2.26. The Morgan fingerprint density at radius 2 is 2.08 bits per heavy atom. The molecule has 0 radical (unpaired) electrons. The first kappa shape index (κ1) is 10.9. The van der Waals surface area contributed by atoms with E-state index in [1.165, 1.54) is 0 Å². The van der Waals surface area contributed by atoms with Gasteiger partial charge in [0.05, 0.1) is 0 Å². The van der Waals surface area contributed by atoms with Gasteiger partial charge < -0.3 is 5.32 Å². The summed E-state index contributed by atoms with van der Waals surface area (Å²) in [4.78, 5) is 0. The minimum absolute atomic E-state index is 0.149. The molecule has 1 atom stereocenters. The van der Waals surface area contributed by atoms with Gasteiger partial charge >= 0.3 is 0 Å². The highest BCUT2D eigenvalue weighted by Crippen LogP contribution is 2.19. The summed E-state index contributed by atoms with van der Waals surface area (Å²) in [5, 5.41) is 2.95. The van der Waals surface area contributed by atoms with Gasteiger partial charge in [0.2, 0.25) is 0 Å². The van der Waals surface area contributed by atoms with E-state index in [-0.39, 0.29) is 12.1 Å². The lowest BCUT2D eigenvalue weighted by Crippen LogP contribution is -2.43. The molecule has 0 amide bonds. The maximum atomic E-state index is 11.3. The van der Waals surface area contributed by atoms with E-state index < -0.39 is 10.2 Å². The highest BCUT2D eigenvalue weighted by atomic mass is 32.2. The molecule has 78 valence electrons. The Balaban J connectivity index is 2.24. The molecule has 0 aromatic rings. The number of hydrogen-bond acceptors (Lipinski definition) is 3. The van der Waals surface area contributed by atoms with Crippen LogP contribution in [0.15, 0.2) is 0 Å². The summed E-state index contributed by atoms with van der Waals surface area (Å²) in [7, 11) is -1.46. The molecule has 1 aliphatic rings. The first-order chi connectivity index (χ1) is 6.03. The smallest absolute Gasteiger partial charge is 0.277 e. The molecule has 0 heterocycles. The second kappa shape index (κ2) is 4.36. The summed E-state index contributed by atoms with van der Waals surface area (Å²) in [6.45, 7) is 2.33. The van der Waals surface area contributed by atoms with Gasteiger partial charge in [-0.2, -0.15) is 13.1 Å². The summed E-state index contributed by atoms with van der Waals surface area (Å²) < 4.78 is 27.5. The number of nitrogens with one attached hydrogen (secondary N) is 3. The third-order valence-corrected chi connectivity index (χ3v) is 3.16. The molecule has 0 spiro atoms. The molecular formula is C7H17N3O2S. The van der Waals surface area contributed by atoms with Crippen molar-refractivity contribution in [3.63, 3.8) is 0 Å². The van der Waals surface area contributed by atoms with Crippen molar-refractivity contribution < 1.29 is 8.42 Å². The molecule has 1 saturated carbocycles. The van der Waals surface area contributed by atoms with Crippen LogP contribution in [-0.4, -0.2) is 34.1 Å². The van der Waals surface area contributed by atoms with Crippen LogP contribution in [0, 0.1) is 0 Å². The summed E-state index contributed by atoms with van der Waals surface area (Å²) in [5.74, 6) is 0. The van der Waals surface area contributed by atoms with Gasteiger partial charge in [-0.15, -0.1) is 0 Å². The minimum atomic E-state index is -3.26. The monoisotopic (exact) mass is 207 g/mol. The van der Waals surface area contributed by atoms with Gasteiger partial charge in [0.25, 0.3) is 10.2 Å². The van der Waals surface area contributed by atoms with Gasteiger partial charge in [-0.3, -0.25) is 0 Å². The highest BCUT2D eigenvalue weighted by molar-refractivity contribution is 7.87. The molecule has 0 bridgehead atoms. The standard InChI is InChI=1S/C7H17N3O2S/c1-6(8-2)5-9-13(11,12)10-7-3-4-7/h6-10H,3-5H2,1-2H3. The van der Waals surface area contributed by atoms with Crippen LogP contribution in [0.2, 0.25) is 0 Å². The van der Waals surface area contributed by atoms with Gasteiger partial charge in [-0.05, 0) is 26.8 Å². The molecule has 6 heteroatoms. The van der Waals surface area contributed by atoms with Crippen LogP contribution in [0.4, 0.5) is 0 Å². The lowest BCUT2D eigenvalue weighted by molar-refractivity contribution is 0.543. The van der Waals surface area contributed by atoms with E-state index in [0.717, 1.165) is 12.8 Å². The second-order valence-corrected chi connectivity index (χ2v) is 4.96. The summed E-state index contributed by atoms with van der Waals surface area (Å²) in [5.41, 5.74) is 0. The Labute approximate surface area is 79.5 Å². The zero-order valence-corrected chi connectivity index (χ0v) is 8.82.